The van der Waals surface area contributed by atoms with E-state index in [1.54, 1.807) is 12.1 Å². The predicted molar refractivity (Wildman–Crippen MR) is 72.1 cm³/mol. The number of nitrogens with zero attached hydrogens (tertiary/aromatic N) is 3. The average Bonchev–Trinajstić information content (AvgIpc) is 2.81. The van der Waals surface area contributed by atoms with Gasteiger partial charge in [-0.25, -0.2) is 18.2 Å². The maximum absolute atomic E-state index is 11.2. The van der Waals surface area contributed by atoms with Crippen molar-refractivity contribution in [2.45, 2.75) is 24.7 Å². The van der Waals surface area contributed by atoms with E-state index in [0.717, 1.165) is 6.42 Å². The second-order valence-corrected chi connectivity index (χ2v) is 5.80. The Labute approximate surface area is 116 Å². The largest absolute Gasteiger partial charge is 0.296 e. The third-order valence-corrected chi connectivity index (χ3v) is 3.73. The summed E-state index contributed by atoms with van der Waals surface area (Å²) in [6.07, 6.45) is 2.15. The van der Waals surface area contributed by atoms with Crippen LogP contribution in [0.4, 0.5) is 0 Å². The molecule has 0 amide bonds. The van der Waals surface area contributed by atoms with E-state index in [0.29, 0.717) is 29.8 Å². The number of carbonyl (C=O) groups is 1. The highest BCUT2D eigenvalue weighted by Gasteiger charge is 2.14. The second-order valence-electron chi connectivity index (χ2n) is 4.24. The van der Waals surface area contributed by atoms with Gasteiger partial charge in [-0.05, 0) is 30.7 Å². The molecular weight excluding hydrogens is 280 g/mol. The third kappa shape index (κ3) is 2.75. The van der Waals surface area contributed by atoms with Crippen LogP contribution in [-0.2, 0) is 16.4 Å². The zero-order valence-electron chi connectivity index (χ0n) is 10.9. The Morgan fingerprint density at radius 3 is 2.45 bits per heavy atom. The van der Waals surface area contributed by atoms with E-state index in [1.165, 1.54) is 16.8 Å². The molecule has 2 N–H and O–H groups in total. The first kappa shape index (κ1) is 14.4. The van der Waals surface area contributed by atoms with Crippen molar-refractivity contribution in [2.75, 3.05) is 0 Å². The number of aldehydes is 1. The molecule has 0 bridgehead atoms. The van der Waals surface area contributed by atoms with Gasteiger partial charge in [0.2, 0.25) is 10.0 Å². The summed E-state index contributed by atoms with van der Waals surface area (Å²) in [5.74, 6) is 0. The lowest BCUT2D eigenvalue weighted by molar-refractivity contribution is 0.111. The van der Waals surface area contributed by atoms with Crippen LogP contribution in [0.3, 0.4) is 0 Å². The molecule has 0 fully saturated rings. The van der Waals surface area contributed by atoms with Crippen molar-refractivity contribution in [3.63, 3.8) is 0 Å². The summed E-state index contributed by atoms with van der Waals surface area (Å²) in [7, 11) is -3.72. The standard InChI is InChI=1S/C12H14N4O3S/c1-2-3-12-11(8-17)14-15-16(12)9-4-6-10(7-5-9)20(13,18)19/h4-8H,2-3H2,1H3,(H2,13,18,19). The summed E-state index contributed by atoms with van der Waals surface area (Å²) in [5.41, 5.74) is 1.62. The molecule has 0 saturated heterocycles. The van der Waals surface area contributed by atoms with Gasteiger partial charge in [-0.3, -0.25) is 4.79 Å². The first-order valence-corrected chi connectivity index (χ1v) is 7.55. The number of sulfonamides is 1. The van der Waals surface area contributed by atoms with Crippen molar-refractivity contribution in [1.29, 1.82) is 0 Å². The van der Waals surface area contributed by atoms with Gasteiger partial charge < -0.3 is 0 Å². The molecular formula is C12H14N4O3S. The van der Waals surface area contributed by atoms with Gasteiger partial charge in [0.05, 0.1) is 16.3 Å². The summed E-state index contributed by atoms with van der Waals surface area (Å²) in [4.78, 5) is 10.9. The lowest BCUT2D eigenvalue weighted by Gasteiger charge is -2.06. The van der Waals surface area contributed by atoms with E-state index in [1.807, 2.05) is 6.92 Å². The lowest BCUT2D eigenvalue weighted by Crippen LogP contribution is -2.12. The van der Waals surface area contributed by atoms with Crippen LogP contribution < -0.4 is 5.14 Å². The van der Waals surface area contributed by atoms with Crippen LogP contribution in [0, 0.1) is 0 Å². The van der Waals surface area contributed by atoms with Crippen LogP contribution in [0.1, 0.15) is 29.5 Å². The molecule has 1 aromatic heterocycles. The molecule has 0 spiro atoms. The maximum atomic E-state index is 11.2. The van der Waals surface area contributed by atoms with E-state index in [-0.39, 0.29) is 4.90 Å². The lowest BCUT2D eigenvalue weighted by atomic mass is 10.2. The van der Waals surface area contributed by atoms with Gasteiger partial charge in [0.25, 0.3) is 0 Å². The van der Waals surface area contributed by atoms with Crippen LogP contribution in [0.15, 0.2) is 29.2 Å². The molecule has 1 aromatic carbocycles. The van der Waals surface area contributed by atoms with E-state index in [4.69, 9.17) is 5.14 Å². The number of hydrogen-bond donors (Lipinski definition) is 1. The number of primary sulfonamides is 1. The summed E-state index contributed by atoms with van der Waals surface area (Å²) in [5, 5.41) is 12.8. The molecule has 106 valence electrons. The first-order valence-electron chi connectivity index (χ1n) is 6.00. The van der Waals surface area contributed by atoms with Gasteiger partial charge in [0.15, 0.2) is 6.29 Å². The third-order valence-electron chi connectivity index (χ3n) is 2.80. The normalized spacial score (nSPS) is 11.5. The minimum Gasteiger partial charge on any atom is -0.296 e. The highest BCUT2D eigenvalue weighted by atomic mass is 32.2. The number of benzene rings is 1. The van der Waals surface area contributed by atoms with E-state index in [2.05, 4.69) is 10.3 Å². The van der Waals surface area contributed by atoms with Crippen LogP contribution in [-0.4, -0.2) is 29.7 Å². The summed E-state index contributed by atoms with van der Waals surface area (Å²) in [6.45, 7) is 1.98. The number of hydrogen-bond acceptors (Lipinski definition) is 5. The van der Waals surface area contributed by atoms with Crippen LogP contribution in [0.5, 0.6) is 0 Å². The first-order chi connectivity index (χ1) is 9.47. The number of rotatable bonds is 5. The van der Waals surface area contributed by atoms with Crippen molar-refractivity contribution in [3.05, 3.63) is 35.7 Å². The summed E-state index contributed by atoms with van der Waals surface area (Å²) >= 11 is 0. The minimum absolute atomic E-state index is 0.0222. The Morgan fingerprint density at radius 1 is 1.30 bits per heavy atom. The minimum atomic E-state index is -3.72. The summed E-state index contributed by atoms with van der Waals surface area (Å²) in [6, 6.07) is 5.93. The van der Waals surface area contributed by atoms with Crippen LogP contribution >= 0.6 is 0 Å². The Hall–Kier alpha value is -2.06. The van der Waals surface area contributed by atoms with Crippen molar-refractivity contribution in [2.24, 2.45) is 5.14 Å². The molecule has 0 atom stereocenters. The highest BCUT2D eigenvalue weighted by Crippen LogP contribution is 2.16. The molecule has 0 radical (unpaired) electrons. The smallest absolute Gasteiger partial charge is 0.238 e. The SMILES string of the molecule is CCCc1c(C=O)nnn1-c1ccc(S(N)(=O)=O)cc1. The Bertz CT molecular complexity index is 720. The number of aromatic nitrogens is 3. The van der Waals surface area contributed by atoms with Gasteiger partial charge in [-0.15, -0.1) is 5.10 Å². The second kappa shape index (κ2) is 5.51. The average molecular weight is 294 g/mol. The van der Waals surface area contributed by atoms with Crippen molar-refractivity contribution in [1.82, 2.24) is 15.0 Å². The molecule has 8 heteroatoms. The van der Waals surface area contributed by atoms with E-state index < -0.39 is 10.0 Å². The van der Waals surface area contributed by atoms with E-state index in [9.17, 15) is 13.2 Å². The van der Waals surface area contributed by atoms with Crippen molar-refractivity contribution in [3.8, 4) is 5.69 Å². The fourth-order valence-electron chi connectivity index (χ4n) is 1.86. The Morgan fingerprint density at radius 2 is 1.95 bits per heavy atom. The quantitative estimate of drug-likeness (QED) is 0.816. The topological polar surface area (TPSA) is 108 Å². The fourth-order valence-corrected chi connectivity index (χ4v) is 2.38. The fraction of sp³-hybridized carbons (Fsp3) is 0.250. The van der Waals surface area contributed by atoms with Gasteiger partial charge in [-0.2, -0.15) is 0 Å². The molecule has 0 unspecified atom stereocenters. The Kier molecular flexibility index (Phi) is 3.96. The monoisotopic (exact) mass is 294 g/mol. The van der Waals surface area contributed by atoms with Crippen molar-refractivity contribution < 1.29 is 13.2 Å². The van der Waals surface area contributed by atoms with E-state index >= 15 is 0 Å². The highest BCUT2D eigenvalue weighted by molar-refractivity contribution is 7.89. The zero-order chi connectivity index (χ0) is 14.8. The number of nitrogens with two attached hydrogens (primary N) is 1. The molecule has 0 aliphatic rings. The molecule has 20 heavy (non-hydrogen) atoms. The van der Waals surface area contributed by atoms with Gasteiger partial charge in [0, 0.05) is 0 Å². The van der Waals surface area contributed by atoms with Crippen LogP contribution in [0.2, 0.25) is 0 Å². The molecule has 0 aliphatic carbocycles. The molecule has 2 aromatic rings. The maximum Gasteiger partial charge on any atom is 0.238 e. The summed E-state index contributed by atoms with van der Waals surface area (Å²) < 4.78 is 23.9. The Balaban J connectivity index is 2.46. The number of carbonyl (C=O) groups excluding carboxylic acids is 1. The predicted octanol–water partition coefficient (Wildman–Crippen LogP) is 0.680. The zero-order valence-corrected chi connectivity index (χ0v) is 11.7. The molecule has 1 heterocycles. The molecule has 0 saturated carbocycles. The molecule has 0 aliphatic heterocycles. The van der Waals surface area contributed by atoms with Crippen LogP contribution in [0.25, 0.3) is 5.69 Å². The molecule has 7 nitrogen and oxygen atoms in total. The van der Waals surface area contributed by atoms with Gasteiger partial charge in [-0.1, -0.05) is 18.6 Å². The van der Waals surface area contributed by atoms with Gasteiger partial charge >= 0.3 is 0 Å². The molecule has 2 rings (SSSR count). The van der Waals surface area contributed by atoms with Crippen molar-refractivity contribution >= 4 is 16.3 Å². The van der Waals surface area contributed by atoms with Gasteiger partial charge in [0.1, 0.15) is 5.69 Å².